The molecule has 3 heterocycles. The maximum atomic E-state index is 12.6. The van der Waals surface area contributed by atoms with Crippen LogP contribution in [0.4, 0.5) is 5.82 Å². The second-order valence-electron chi connectivity index (χ2n) is 7.53. The second kappa shape index (κ2) is 8.03. The maximum Gasteiger partial charge on any atom is 0.225 e. The summed E-state index contributed by atoms with van der Waals surface area (Å²) in [6.07, 6.45) is 8.08. The molecule has 2 fully saturated rings. The fourth-order valence-electron chi connectivity index (χ4n) is 4.08. The van der Waals surface area contributed by atoms with Crippen LogP contribution in [0.1, 0.15) is 44.7 Å². The molecule has 2 aliphatic rings. The van der Waals surface area contributed by atoms with E-state index in [0.29, 0.717) is 11.7 Å². The molecule has 0 spiro atoms. The van der Waals surface area contributed by atoms with Crippen molar-refractivity contribution in [1.29, 1.82) is 0 Å². The first-order chi connectivity index (χ1) is 13.2. The molecule has 2 aromatic heterocycles. The zero-order chi connectivity index (χ0) is 18.6. The number of pyridine rings is 1. The molecule has 0 aromatic carbocycles. The third-order valence-electron chi connectivity index (χ3n) is 5.59. The molecule has 0 bridgehead atoms. The number of rotatable bonds is 5. The lowest BCUT2D eigenvalue weighted by atomic mass is 10.1. The Kier molecular flexibility index (Phi) is 5.32. The minimum atomic E-state index is 0.242. The number of aryl methyl sites for hydroxylation is 1. The molecule has 6 heteroatoms. The Morgan fingerprint density at radius 3 is 2.81 bits per heavy atom. The molecule has 1 unspecified atom stereocenters. The van der Waals surface area contributed by atoms with E-state index in [2.05, 4.69) is 27.2 Å². The largest absolute Gasteiger partial charge is 0.365 e. The summed E-state index contributed by atoms with van der Waals surface area (Å²) < 4.78 is 0. The molecule has 4 rings (SSSR count). The Morgan fingerprint density at radius 1 is 1.22 bits per heavy atom. The highest BCUT2D eigenvalue weighted by atomic mass is 16.2. The Labute approximate surface area is 160 Å². The number of aromatic nitrogens is 3. The standard InChI is InChI=1S/C21H27N5O/c1-2-16-13-19(25-20(24-16)18-9-5-6-11-22-18)23-17-10-12-26(14-17)21(27)15-7-3-4-8-15/h5-6,9,11,13,15,17H,2-4,7-8,10,12,14H2,1H3,(H,23,24,25). The van der Waals surface area contributed by atoms with Gasteiger partial charge in [0.15, 0.2) is 5.82 Å². The fourth-order valence-corrected chi connectivity index (χ4v) is 4.08. The van der Waals surface area contributed by atoms with Gasteiger partial charge in [-0.25, -0.2) is 9.97 Å². The number of carbonyl (C=O) groups excluding carboxylic acids is 1. The lowest BCUT2D eigenvalue weighted by molar-refractivity contribution is -0.134. The maximum absolute atomic E-state index is 12.6. The monoisotopic (exact) mass is 365 g/mol. The van der Waals surface area contributed by atoms with Crippen LogP contribution in [0.25, 0.3) is 11.5 Å². The van der Waals surface area contributed by atoms with E-state index in [1.165, 1.54) is 12.8 Å². The Morgan fingerprint density at radius 2 is 2.07 bits per heavy atom. The van der Waals surface area contributed by atoms with Gasteiger partial charge < -0.3 is 10.2 Å². The highest BCUT2D eigenvalue weighted by molar-refractivity contribution is 5.79. The van der Waals surface area contributed by atoms with Gasteiger partial charge in [0.05, 0.1) is 0 Å². The highest BCUT2D eigenvalue weighted by Gasteiger charge is 2.32. The summed E-state index contributed by atoms with van der Waals surface area (Å²) in [5.41, 5.74) is 1.77. The van der Waals surface area contributed by atoms with Crippen molar-refractivity contribution in [2.24, 2.45) is 5.92 Å². The highest BCUT2D eigenvalue weighted by Crippen LogP contribution is 2.28. The van der Waals surface area contributed by atoms with Gasteiger partial charge >= 0.3 is 0 Å². The summed E-state index contributed by atoms with van der Waals surface area (Å²) in [4.78, 5) is 28.3. The van der Waals surface area contributed by atoms with Gasteiger partial charge in [0.2, 0.25) is 5.91 Å². The zero-order valence-corrected chi connectivity index (χ0v) is 15.9. The average Bonchev–Trinajstić information content (AvgIpc) is 3.40. The first-order valence-electron chi connectivity index (χ1n) is 10.1. The molecule has 27 heavy (non-hydrogen) atoms. The summed E-state index contributed by atoms with van der Waals surface area (Å²) in [6.45, 7) is 3.69. The van der Waals surface area contributed by atoms with E-state index in [0.717, 1.165) is 56.0 Å². The van der Waals surface area contributed by atoms with Crippen molar-refractivity contribution in [2.75, 3.05) is 18.4 Å². The van der Waals surface area contributed by atoms with Crippen molar-refractivity contribution >= 4 is 11.7 Å². The van der Waals surface area contributed by atoms with E-state index in [9.17, 15) is 4.79 Å². The predicted molar refractivity (Wildman–Crippen MR) is 105 cm³/mol. The molecular formula is C21H27N5O. The molecule has 1 aliphatic heterocycles. The SMILES string of the molecule is CCc1cc(NC2CCN(C(=O)C3CCCC3)C2)nc(-c2ccccn2)n1. The lowest BCUT2D eigenvalue weighted by Gasteiger charge is -2.21. The van der Waals surface area contributed by atoms with Gasteiger partial charge in [0.1, 0.15) is 11.5 Å². The first kappa shape index (κ1) is 17.9. The summed E-state index contributed by atoms with van der Waals surface area (Å²) >= 11 is 0. The van der Waals surface area contributed by atoms with Crippen molar-refractivity contribution in [2.45, 2.75) is 51.5 Å². The number of amides is 1. The quantitative estimate of drug-likeness (QED) is 0.880. The molecule has 1 amide bonds. The van der Waals surface area contributed by atoms with Crippen LogP contribution in [-0.2, 0) is 11.2 Å². The van der Waals surface area contributed by atoms with Gasteiger partial charge in [-0.15, -0.1) is 0 Å². The van der Waals surface area contributed by atoms with Gasteiger partial charge in [-0.1, -0.05) is 25.8 Å². The molecule has 1 atom stereocenters. The van der Waals surface area contributed by atoms with E-state index in [-0.39, 0.29) is 12.0 Å². The van der Waals surface area contributed by atoms with E-state index in [1.807, 2.05) is 29.2 Å². The molecule has 6 nitrogen and oxygen atoms in total. The van der Waals surface area contributed by atoms with Crippen LogP contribution in [0.15, 0.2) is 30.5 Å². The summed E-state index contributed by atoms with van der Waals surface area (Å²) in [7, 11) is 0. The number of hydrogen-bond donors (Lipinski definition) is 1. The van der Waals surface area contributed by atoms with Crippen molar-refractivity contribution in [3.05, 3.63) is 36.2 Å². The van der Waals surface area contributed by atoms with Crippen LogP contribution in [-0.4, -0.2) is 44.9 Å². The molecule has 1 N–H and O–H groups in total. The van der Waals surface area contributed by atoms with Gasteiger partial charge in [0, 0.05) is 43.0 Å². The number of hydrogen-bond acceptors (Lipinski definition) is 5. The molecule has 142 valence electrons. The van der Waals surface area contributed by atoms with Gasteiger partial charge in [-0.3, -0.25) is 9.78 Å². The summed E-state index contributed by atoms with van der Waals surface area (Å²) in [6, 6.07) is 8.01. The first-order valence-corrected chi connectivity index (χ1v) is 10.1. The van der Waals surface area contributed by atoms with Gasteiger partial charge in [0.25, 0.3) is 0 Å². The molecule has 1 aliphatic carbocycles. The Hall–Kier alpha value is -2.50. The number of nitrogens with zero attached hydrogens (tertiary/aromatic N) is 4. The number of nitrogens with one attached hydrogen (secondary N) is 1. The van der Waals surface area contributed by atoms with Crippen LogP contribution < -0.4 is 5.32 Å². The van der Waals surface area contributed by atoms with Crippen molar-refractivity contribution in [1.82, 2.24) is 19.9 Å². The van der Waals surface area contributed by atoms with Gasteiger partial charge in [-0.2, -0.15) is 0 Å². The third kappa shape index (κ3) is 4.10. The normalized spacial score (nSPS) is 20.2. The molecular weight excluding hydrogens is 338 g/mol. The zero-order valence-electron chi connectivity index (χ0n) is 15.9. The lowest BCUT2D eigenvalue weighted by Crippen LogP contribution is -2.35. The minimum Gasteiger partial charge on any atom is -0.365 e. The van der Waals surface area contributed by atoms with Crippen LogP contribution in [0.5, 0.6) is 0 Å². The number of likely N-dealkylation sites (tertiary alicyclic amines) is 1. The summed E-state index contributed by atoms with van der Waals surface area (Å²) in [5, 5.41) is 3.53. The van der Waals surface area contributed by atoms with Crippen molar-refractivity contribution < 1.29 is 4.79 Å². The average molecular weight is 365 g/mol. The smallest absolute Gasteiger partial charge is 0.225 e. The van der Waals surface area contributed by atoms with Crippen LogP contribution in [0.2, 0.25) is 0 Å². The molecule has 1 saturated carbocycles. The van der Waals surface area contributed by atoms with Crippen molar-refractivity contribution in [3.8, 4) is 11.5 Å². The van der Waals surface area contributed by atoms with Crippen LogP contribution in [0, 0.1) is 5.92 Å². The number of anilines is 1. The fraction of sp³-hybridized carbons (Fsp3) is 0.524. The molecule has 2 aromatic rings. The minimum absolute atomic E-state index is 0.242. The summed E-state index contributed by atoms with van der Waals surface area (Å²) in [5.74, 6) is 2.07. The van der Waals surface area contributed by atoms with E-state index >= 15 is 0 Å². The predicted octanol–water partition coefficient (Wildman–Crippen LogP) is 3.30. The topological polar surface area (TPSA) is 71.0 Å². The Balaban J connectivity index is 1.45. The Bertz CT molecular complexity index is 788. The van der Waals surface area contributed by atoms with Crippen molar-refractivity contribution in [3.63, 3.8) is 0 Å². The molecule has 0 radical (unpaired) electrons. The van der Waals surface area contributed by atoms with E-state index in [1.54, 1.807) is 6.20 Å². The van der Waals surface area contributed by atoms with Crippen LogP contribution in [0.3, 0.4) is 0 Å². The number of carbonyl (C=O) groups is 1. The third-order valence-corrected chi connectivity index (χ3v) is 5.59. The van der Waals surface area contributed by atoms with Gasteiger partial charge in [-0.05, 0) is 37.8 Å². The van der Waals surface area contributed by atoms with E-state index in [4.69, 9.17) is 0 Å². The van der Waals surface area contributed by atoms with Crippen LogP contribution >= 0.6 is 0 Å². The molecule has 1 saturated heterocycles. The second-order valence-corrected chi connectivity index (χ2v) is 7.53. The van der Waals surface area contributed by atoms with E-state index < -0.39 is 0 Å².